The molecule has 0 aliphatic heterocycles. The highest BCUT2D eigenvalue weighted by molar-refractivity contribution is 5.35. The first kappa shape index (κ1) is 13.6. The van der Waals surface area contributed by atoms with E-state index >= 15 is 0 Å². The number of aliphatic hydroxyl groups excluding tert-OH is 1. The maximum Gasteiger partial charge on any atom is 0.122 e. The summed E-state index contributed by atoms with van der Waals surface area (Å²) < 4.78 is 7.57. The van der Waals surface area contributed by atoms with Gasteiger partial charge in [-0.3, -0.25) is 0 Å². The topological polar surface area (TPSA) is 47.3 Å². The first-order chi connectivity index (χ1) is 9.06. The first-order valence-electron chi connectivity index (χ1n) is 6.42. The molecule has 1 N–H and O–H groups in total. The van der Waals surface area contributed by atoms with Crippen LogP contribution in [0.25, 0.3) is 0 Å². The van der Waals surface area contributed by atoms with Gasteiger partial charge in [-0.25, -0.2) is 4.98 Å². The minimum absolute atomic E-state index is 0.279. The summed E-state index contributed by atoms with van der Waals surface area (Å²) in [6, 6.07) is 6.02. The zero-order chi connectivity index (χ0) is 13.8. The summed E-state index contributed by atoms with van der Waals surface area (Å²) in [6.07, 6.45) is 3.04. The van der Waals surface area contributed by atoms with Crippen LogP contribution < -0.4 is 4.74 Å². The quantitative estimate of drug-likeness (QED) is 0.897. The van der Waals surface area contributed by atoms with Crippen LogP contribution in [-0.2, 0) is 6.54 Å². The summed E-state index contributed by atoms with van der Waals surface area (Å²) in [4.78, 5) is 4.12. The molecule has 0 radical (unpaired) electrons. The highest BCUT2D eigenvalue weighted by atomic mass is 16.5. The maximum absolute atomic E-state index is 9.98. The molecular weight excluding hydrogens is 240 g/mol. The third-order valence-electron chi connectivity index (χ3n) is 3.09. The fourth-order valence-electron chi connectivity index (χ4n) is 2.02. The van der Waals surface area contributed by atoms with Crippen molar-refractivity contribution in [2.45, 2.75) is 33.4 Å². The van der Waals surface area contributed by atoms with Crippen LogP contribution in [0, 0.1) is 20.8 Å². The van der Waals surface area contributed by atoms with Gasteiger partial charge in [0, 0.05) is 12.4 Å². The Labute approximate surface area is 113 Å². The third-order valence-corrected chi connectivity index (χ3v) is 3.09. The van der Waals surface area contributed by atoms with E-state index < -0.39 is 6.10 Å². The fourth-order valence-corrected chi connectivity index (χ4v) is 2.02. The Morgan fingerprint density at radius 3 is 2.74 bits per heavy atom. The molecule has 4 nitrogen and oxygen atoms in total. The smallest absolute Gasteiger partial charge is 0.122 e. The third kappa shape index (κ3) is 3.58. The summed E-state index contributed by atoms with van der Waals surface area (Å²) in [5.74, 6) is 1.72. The van der Waals surface area contributed by atoms with Crippen molar-refractivity contribution >= 4 is 0 Å². The predicted molar refractivity (Wildman–Crippen MR) is 74.4 cm³/mol. The lowest BCUT2D eigenvalue weighted by Gasteiger charge is -2.15. The van der Waals surface area contributed by atoms with E-state index in [-0.39, 0.29) is 6.61 Å². The van der Waals surface area contributed by atoms with Crippen LogP contribution in [0.4, 0.5) is 0 Å². The number of aryl methyl sites for hydroxylation is 3. The Hall–Kier alpha value is -1.81. The Morgan fingerprint density at radius 2 is 2.11 bits per heavy atom. The first-order valence-corrected chi connectivity index (χ1v) is 6.42. The number of hydrogen-bond acceptors (Lipinski definition) is 3. The molecule has 0 spiro atoms. The van der Waals surface area contributed by atoms with Gasteiger partial charge in [-0.2, -0.15) is 0 Å². The zero-order valence-electron chi connectivity index (χ0n) is 11.6. The molecule has 1 unspecified atom stereocenters. The van der Waals surface area contributed by atoms with Gasteiger partial charge in [0.1, 0.15) is 24.3 Å². The van der Waals surface area contributed by atoms with Crippen molar-refractivity contribution in [2.75, 3.05) is 6.61 Å². The minimum Gasteiger partial charge on any atom is -0.491 e. The monoisotopic (exact) mass is 260 g/mol. The summed E-state index contributed by atoms with van der Waals surface area (Å²) in [5, 5.41) is 9.98. The number of nitrogens with zero attached hydrogens (tertiary/aromatic N) is 2. The molecule has 0 aliphatic rings. The summed E-state index contributed by atoms with van der Waals surface area (Å²) in [7, 11) is 0. The van der Waals surface area contributed by atoms with Crippen molar-refractivity contribution in [3.8, 4) is 5.75 Å². The lowest BCUT2D eigenvalue weighted by molar-refractivity contribution is 0.0916. The van der Waals surface area contributed by atoms with E-state index in [1.54, 1.807) is 6.20 Å². The molecule has 1 aromatic carbocycles. The van der Waals surface area contributed by atoms with Crippen LogP contribution in [0.5, 0.6) is 5.75 Å². The van der Waals surface area contributed by atoms with E-state index in [0.717, 1.165) is 17.1 Å². The molecule has 0 aliphatic carbocycles. The highest BCUT2D eigenvalue weighted by Gasteiger charge is 2.09. The van der Waals surface area contributed by atoms with Crippen molar-refractivity contribution in [3.05, 3.63) is 47.5 Å². The van der Waals surface area contributed by atoms with Crippen molar-refractivity contribution in [3.63, 3.8) is 0 Å². The minimum atomic E-state index is -0.548. The summed E-state index contributed by atoms with van der Waals surface area (Å²) in [6.45, 7) is 6.75. The number of aliphatic hydroxyl groups is 1. The molecule has 0 amide bonds. The lowest BCUT2D eigenvalue weighted by Crippen LogP contribution is -2.24. The van der Waals surface area contributed by atoms with Gasteiger partial charge in [0.15, 0.2) is 0 Å². The van der Waals surface area contributed by atoms with Crippen molar-refractivity contribution in [2.24, 2.45) is 0 Å². The van der Waals surface area contributed by atoms with Crippen molar-refractivity contribution < 1.29 is 9.84 Å². The lowest BCUT2D eigenvalue weighted by atomic mass is 10.1. The summed E-state index contributed by atoms with van der Waals surface area (Å²) in [5.41, 5.74) is 2.30. The van der Waals surface area contributed by atoms with Crippen molar-refractivity contribution in [1.82, 2.24) is 9.55 Å². The number of imidazole rings is 1. The van der Waals surface area contributed by atoms with E-state index in [2.05, 4.69) is 11.1 Å². The molecule has 1 heterocycles. The average molecular weight is 260 g/mol. The van der Waals surface area contributed by atoms with E-state index in [4.69, 9.17) is 4.74 Å². The van der Waals surface area contributed by atoms with Gasteiger partial charge >= 0.3 is 0 Å². The van der Waals surface area contributed by atoms with Crippen LogP contribution in [0.3, 0.4) is 0 Å². The molecule has 1 atom stereocenters. The van der Waals surface area contributed by atoms with E-state index in [1.807, 2.05) is 43.7 Å². The summed E-state index contributed by atoms with van der Waals surface area (Å²) >= 11 is 0. The van der Waals surface area contributed by atoms with E-state index in [1.165, 1.54) is 5.56 Å². The molecule has 4 heteroatoms. The van der Waals surface area contributed by atoms with Gasteiger partial charge in [-0.1, -0.05) is 17.7 Å². The molecule has 102 valence electrons. The maximum atomic E-state index is 9.98. The predicted octanol–water partition coefficient (Wildman–Crippen LogP) is 2.25. The van der Waals surface area contributed by atoms with Gasteiger partial charge in [-0.05, 0) is 32.4 Å². The SMILES string of the molecule is Cc1ccc(OCC(O)Cn2ccnc2C)c(C)c1. The fraction of sp³-hybridized carbons (Fsp3) is 0.400. The number of ether oxygens (including phenoxy) is 1. The molecule has 2 aromatic rings. The largest absolute Gasteiger partial charge is 0.491 e. The van der Waals surface area contributed by atoms with E-state index in [9.17, 15) is 5.11 Å². The molecule has 0 saturated heterocycles. The molecule has 19 heavy (non-hydrogen) atoms. The molecule has 0 fully saturated rings. The molecular formula is C15H20N2O2. The van der Waals surface area contributed by atoms with Crippen LogP contribution in [0.1, 0.15) is 17.0 Å². The van der Waals surface area contributed by atoms with Crippen LogP contribution in [0.15, 0.2) is 30.6 Å². The van der Waals surface area contributed by atoms with Gasteiger partial charge in [0.2, 0.25) is 0 Å². The second-order valence-corrected chi connectivity index (χ2v) is 4.86. The normalized spacial score (nSPS) is 12.4. The van der Waals surface area contributed by atoms with Crippen LogP contribution in [-0.4, -0.2) is 27.4 Å². The highest BCUT2D eigenvalue weighted by Crippen LogP contribution is 2.18. The second-order valence-electron chi connectivity index (χ2n) is 4.86. The molecule has 0 saturated carbocycles. The number of rotatable bonds is 5. The van der Waals surface area contributed by atoms with Crippen molar-refractivity contribution in [1.29, 1.82) is 0 Å². The molecule has 2 rings (SSSR count). The van der Waals surface area contributed by atoms with Gasteiger partial charge in [0.05, 0.1) is 6.54 Å². The molecule has 0 bridgehead atoms. The Balaban J connectivity index is 1.90. The van der Waals surface area contributed by atoms with E-state index in [0.29, 0.717) is 6.54 Å². The van der Waals surface area contributed by atoms with Crippen LogP contribution >= 0.6 is 0 Å². The van der Waals surface area contributed by atoms with Gasteiger partial charge < -0.3 is 14.4 Å². The second kappa shape index (κ2) is 5.89. The molecule has 1 aromatic heterocycles. The average Bonchev–Trinajstić information content (AvgIpc) is 2.74. The van der Waals surface area contributed by atoms with Crippen LogP contribution in [0.2, 0.25) is 0 Å². The van der Waals surface area contributed by atoms with Gasteiger partial charge in [0.25, 0.3) is 0 Å². The number of hydrogen-bond donors (Lipinski definition) is 1. The Kier molecular flexibility index (Phi) is 4.22. The zero-order valence-corrected chi connectivity index (χ0v) is 11.6. The number of benzene rings is 1. The Morgan fingerprint density at radius 1 is 1.32 bits per heavy atom. The van der Waals surface area contributed by atoms with Gasteiger partial charge in [-0.15, -0.1) is 0 Å². The standard InChI is InChI=1S/C15H20N2O2/c1-11-4-5-15(12(2)8-11)19-10-14(18)9-17-7-6-16-13(17)3/h4-8,14,18H,9-10H2,1-3H3. The number of aromatic nitrogens is 2. The Bertz CT molecular complexity index is 549.